The first-order chi connectivity index (χ1) is 16.9. The summed E-state index contributed by atoms with van der Waals surface area (Å²) in [6, 6.07) is 22.0. The number of nitrogens with zero attached hydrogens (tertiary/aromatic N) is 1. The van der Waals surface area contributed by atoms with Crippen LogP contribution < -0.4 is 5.73 Å². The highest BCUT2D eigenvalue weighted by Gasteiger charge is 2.24. The van der Waals surface area contributed by atoms with Crippen LogP contribution in [0.2, 0.25) is 0 Å². The molecule has 3 N–H and O–H groups in total. The molecule has 186 valence electrons. The van der Waals surface area contributed by atoms with Crippen molar-refractivity contribution >= 4 is 11.7 Å². The number of anilines is 1. The number of benzene rings is 3. The molecular weight excluding hydrogens is 446 g/mol. The summed E-state index contributed by atoms with van der Waals surface area (Å²) < 4.78 is 4.85. The Morgan fingerprint density at radius 3 is 1.81 bits per heavy atom. The van der Waals surface area contributed by atoms with Crippen molar-refractivity contribution in [1.29, 1.82) is 0 Å². The molecule has 0 saturated heterocycles. The second-order valence-electron chi connectivity index (χ2n) is 11.3. The number of esters is 1. The first-order valence-corrected chi connectivity index (χ1v) is 12.2. The minimum atomic E-state index is -0.364. The van der Waals surface area contributed by atoms with Crippen molar-refractivity contribution in [3.05, 3.63) is 83.4 Å². The van der Waals surface area contributed by atoms with Crippen molar-refractivity contribution in [3.8, 4) is 33.6 Å². The standard InChI is InChI=1S/C31H35N3O2/c1-30(2,3)23-16-22(17-24(18-23)31(4,5)6)28-26(19-12-14-25(32)15-13-19)27(33-34-28)20-8-10-21(11-9-20)29(35)36-7/h8-18H,32H2,1-7H3,(H,33,34). The monoisotopic (exact) mass is 481 g/mol. The summed E-state index contributed by atoms with van der Waals surface area (Å²) in [7, 11) is 1.38. The number of ether oxygens (including phenoxy) is 1. The molecule has 3 aromatic carbocycles. The first kappa shape index (κ1) is 25.2. The van der Waals surface area contributed by atoms with E-state index < -0.39 is 0 Å². The van der Waals surface area contributed by atoms with Gasteiger partial charge in [-0.25, -0.2) is 4.79 Å². The van der Waals surface area contributed by atoms with E-state index >= 15 is 0 Å². The maximum absolute atomic E-state index is 11.9. The number of carbonyl (C=O) groups excluding carboxylic acids is 1. The number of hydrogen-bond donors (Lipinski definition) is 2. The maximum atomic E-state index is 11.9. The van der Waals surface area contributed by atoms with Gasteiger partial charge in [0, 0.05) is 22.4 Å². The molecule has 0 radical (unpaired) electrons. The van der Waals surface area contributed by atoms with Gasteiger partial charge < -0.3 is 10.5 Å². The summed E-state index contributed by atoms with van der Waals surface area (Å²) in [5, 5.41) is 8.10. The molecular formula is C31H35N3O2. The van der Waals surface area contributed by atoms with E-state index in [1.807, 2.05) is 36.4 Å². The molecule has 0 aliphatic rings. The fraction of sp³-hybridized carbons (Fsp3) is 0.290. The van der Waals surface area contributed by atoms with Gasteiger partial charge >= 0.3 is 5.97 Å². The van der Waals surface area contributed by atoms with Gasteiger partial charge in [0.15, 0.2) is 0 Å². The number of rotatable bonds is 4. The lowest BCUT2D eigenvalue weighted by Crippen LogP contribution is -2.16. The van der Waals surface area contributed by atoms with Crippen molar-refractivity contribution in [2.45, 2.75) is 52.4 Å². The summed E-state index contributed by atoms with van der Waals surface area (Å²) in [5.74, 6) is -0.364. The summed E-state index contributed by atoms with van der Waals surface area (Å²) in [6.45, 7) is 13.4. The first-order valence-electron chi connectivity index (χ1n) is 12.2. The van der Waals surface area contributed by atoms with Gasteiger partial charge in [0.05, 0.1) is 18.4 Å². The SMILES string of the molecule is COC(=O)c1ccc(-c2n[nH]c(-c3cc(C(C)(C)C)cc(C(C)(C)C)c3)c2-c2ccc(N)cc2)cc1. The third kappa shape index (κ3) is 5.06. The number of methoxy groups -OCH3 is 1. The molecule has 0 spiro atoms. The fourth-order valence-corrected chi connectivity index (χ4v) is 4.21. The number of hydrogen-bond acceptors (Lipinski definition) is 4. The molecule has 0 aliphatic carbocycles. The van der Waals surface area contributed by atoms with Gasteiger partial charge in [-0.1, -0.05) is 71.9 Å². The van der Waals surface area contributed by atoms with Crippen LogP contribution in [0, 0.1) is 0 Å². The van der Waals surface area contributed by atoms with Crippen LogP contribution in [0.15, 0.2) is 66.7 Å². The van der Waals surface area contributed by atoms with Crippen LogP contribution in [0.3, 0.4) is 0 Å². The Balaban J connectivity index is 1.96. The maximum Gasteiger partial charge on any atom is 0.337 e. The predicted molar refractivity (Wildman–Crippen MR) is 148 cm³/mol. The predicted octanol–water partition coefficient (Wildman–Crippen LogP) is 7.37. The number of nitrogens with one attached hydrogen (secondary N) is 1. The molecule has 0 fully saturated rings. The molecule has 0 amide bonds. The number of nitrogen functional groups attached to an aromatic ring is 1. The van der Waals surface area contributed by atoms with Crippen molar-refractivity contribution in [1.82, 2.24) is 10.2 Å². The lowest BCUT2D eigenvalue weighted by Gasteiger charge is -2.26. The van der Waals surface area contributed by atoms with E-state index in [0.29, 0.717) is 11.3 Å². The second kappa shape index (κ2) is 9.30. The Labute approximate surface area is 213 Å². The lowest BCUT2D eigenvalue weighted by atomic mass is 9.79. The average Bonchev–Trinajstić information content (AvgIpc) is 3.28. The smallest absolute Gasteiger partial charge is 0.337 e. The van der Waals surface area contributed by atoms with Crippen LogP contribution in [0.5, 0.6) is 0 Å². The largest absolute Gasteiger partial charge is 0.465 e. The van der Waals surface area contributed by atoms with Gasteiger partial charge in [0.2, 0.25) is 0 Å². The topological polar surface area (TPSA) is 81.0 Å². The number of aromatic nitrogens is 2. The van der Waals surface area contributed by atoms with Crippen molar-refractivity contribution < 1.29 is 9.53 Å². The highest BCUT2D eigenvalue weighted by Crippen LogP contribution is 2.41. The van der Waals surface area contributed by atoms with Crippen molar-refractivity contribution in [2.75, 3.05) is 12.8 Å². The van der Waals surface area contributed by atoms with E-state index in [1.165, 1.54) is 18.2 Å². The van der Waals surface area contributed by atoms with Gasteiger partial charge in [-0.2, -0.15) is 5.10 Å². The zero-order valence-electron chi connectivity index (χ0n) is 22.2. The van der Waals surface area contributed by atoms with E-state index in [9.17, 15) is 4.79 Å². The molecule has 4 aromatic rings. The van der Waals surface area contributed by atoms with E-state index in [2.05, 4.69) is 64.8 Å². The number of nitrogens with two attached hydrogens (primary N) is 1. The van der Waals surface area contributed by atoms with Gasteiger partial charge in [0.25, 0.3) is 0 Å². The summed E-state index contributed by atoms with van der Waals surface area (Å²) in [5.41, 5.74) is 15.5. The van der Waals surface area contributed by atoms with E-state index in [4.69, 9.17) is 15.6 Å². The van der Waals surface area contributed by atoms with Crippen molar-refractivity contribution in [2.24, 2.45) is 0 Å². The Hall–Kier alpha value is -3.86. The lowest BCUT2D eigenvalue weighted by molar-refractivity contribution is 0.0600. The van der Waals surface area contributed by atoms with Gasteiger partial charge in [-0.15, -0.1) is 0 Å². The van der Waals surface area contributed by atoms with E-state index in [1.54, 1.807) is 12.1 Å². The Morgan fingerprint density at radius 1 is 0.778 bits per heavy atom. The molecule has 0 aliphatic heterocycles. The van der Waals surface area contributed by atoms with E-state index in [-0.39, 0.29) is 16.8 Å². The quantitative estimate of drug-likeness (QED) is 0.235. The van der Waals surface area contributed by atoms with Gasteiger partial charge in [-0.05, 0) is 63.9 Å². The molecule has 4 rings (SSSR count). The Kier molecular flexibility index (Phi) is 6.52. The van der Waals surface area contributed by atoms with Crippen LogP contribution in [0.4, 0.5) is 5.69 Å². The van der Waals surface area contributed by atoms with Crippen molar-refractivity contribution in [3.63, 3.8) is 0 Å². The third-order valence-corrected chi connectivity index (χ3v) is 6.50. The number of H-pyrrole nitrogens is 1. The van der Waals surface area contributed by atoms with Crippen LogP contribution in [0.1, 0.15) is 63.0 Å². The molecule has 5 heteroatoms. The Bertz CT molecular complexity index is 1350. The molecule has 0 saturated carbocycles. The normalized spacial score (nSPS) is 12.0. The molecule has 0 unspecified atom stereocenters. The minimum Gasteiger partial charge on any atom is -0.465 e. The molecule has 36 heavy (non-hydrogen) atoms. The van der Waals surface area contributed by atoms with Crippen LogP contribution in [-0.2, 0) is 15.6 Å². The number of carbonyl (C=O) groups is 1. The van der Waals surface area contributed by atoms with Crippen LogP contribution in [0.25, 0.3) is 33.6 Å². The average molecular weight is 482 g/mol. The summed E-state index contributed by atoms with van der Waals surface area (Å²) in [4.78, 5) is 11.9. The van der Waals surface area contributed by atoms with Crippen LogP contribution >= 0.6 is 0 Å². The zero-order chi connectivity index (χ0) is 26.3. The molecule has 0 atom stereocenters. The minimum absolute atomic E-state index is 0.00998. The molecule has 0 bridgehead atoms. The number of aromatic amines is 1. The second-order valence-corrected chi connectivity index (χ2v) is 11.3. The highest BCUT2D eigenvalue weighted by atomic mass is 16.5. The molecule has 5 nitrogen and oxygen atoms in total. The molecule has 1 aromatic heterocycles. The Morgan fingerprint density at radius 2 is 1.31 bits per heavy atom. The van der Waals surface area contributed by atoms with Gasteiger partial charge in [-0.3, -0.25) is 5.10 Å². The fourth-order valence-electron chi connectivity index (χ4n) is 4.21. The van der Waals surface area contributed by atoms with Crippen LogP contribution in [-0.4, -0.2) is 23.3 Å². The molecule has 1 heterocycles. The van der Waals surface area contributed by atoms with E-state index in [0.717, 1.165) is 33.6 Å². The highest BCUT2D eigenvalue weighted by molar-refractivity contribution is 5.93. The summed E-state index contributed by atoms with van der Waals surface area (Å²) in [6.07, 6.45) is 0. The zero-order valence-corrected chi connectivity index (χ0v) is 22.2. The third-order valence-electron chi connectivity index (χ3n) is 6.50. The van der Waals surface area contributed by atoms with Gasteiger partial charge in [0.1, 0.15) is 5.69 Å². The summed E-state index contributed by atoms with van der Waals surface area (Å²) >= 11 is 0.